The lowest BCUT2D eigenvalue weighted by Gasteiger charge is -2.29. The number of rotatable bonds is 3. The van der Waals surface area contributed by atoms with Crippen LogP contribution in [0.4, 0.5) is 0 Å². The SMILES string of the molecule is CC(NC1CCOc2ccccc21)c1ccc(Cl)cc1. The van der Waals surface area contributed by atoms with E-state index < -0.39 is 0 Å². The van der Waals surface area contributed by atoms with E-state index >= 15 is 0 Å². The van der Waals surface area contributed by atoms with E-state index in [0.717, 1.165) is 23.8 Å². The van der Waals surface area contributed by atoms with Crippen molar-refractivity contribution in [1.29, 1.82) is 0 Å². The second kappa shape index (κ2) is 5.86. The molecule has 1 N–H and O–H groups in total. The van der Waals surface area contributed by atoms with Gasteiger partial charge in [0.2, 0.25) is 0 Å². The molecule has 2 aromatic rings. The molecular weight excluding hydrogens is 270 g/mol. The van der Waals surface area contributed by atoms with Crippen LogP contribution in [0.2, 0.25) is 5.02 Å². The average molecular weight is 288 g/mol. The van der Waals surface area contributed by atoms with Crippen molar-refractivity contribution < 1.29 is 4.74 Å². The molecule has 0 spiro atoms. The number of ether oxygens (including phenoxy) is 1. The van der Waals surface area contributed by atoms with E-state index in [-0.39, 0.29) is 6.04 Å². The molecule has 2 aromatic carbocycles. The van der Waals surface area contributed by atoms with Gasteiger partial charge in [-0.15, -0.1) is 0 Å². The lowest BCUT2D eigenvalue weighted by Crippen LogP contribution is -2.29. The Morgan fingerprint density at radius 2 is 1.90 bits per heavy atom. The van der Waals surface area contributed by atoms with Gasteiger partial charge in [0, 0.05) is 29.1 Å². The molecule has 20 heavy (non-hydrogen) atoms. The Hall–Kier alpha value is -1.51. The lowest BCUT2D eigenvalue weighted by molar-refractivity contribution is 0.246. The summed E-state index contributed by atoms with van der Waals surface area (Å²) in [6, 6.07) is 16.9. The number of hydrogen-bond donors (Lipinski definition) is 1. The van der Waals surface area contributed by atoms with Gasteiger partial charge < -0.3 is 10.1 Å². The Morgan fingerprint density at radius 3 is 2.70 bits per heavy atom. The standard InChI is InChI=1S/C17H18ClNO/c1-12(13-6-8-14(18)9-7-13)19-16-10-11-20-17-5-3-2-4-15(16)17/h2-9,12,16,19H,10-11H2,1H3. The van der Waals surface area contributed by atoms with Gasteiger partial charge in [0.15, 0.2) is 0 Å². The highest BCUT2D eigenvalue weighted by Crippen LogP contribution is 2.33. The second-order valence-electron chi connectivity index (χ2n) is 5.17. The molecule has 104 valence electrons. The Bertz CT molecular complexity index is 582. The number of benzene rings is 2. The number of halogens is 1. The van der Waals surface area contributed by atoms with Gasteiger partial charge in [-0.3, -0.25) is 0 Å². The van der Waals surface area contributed by atoms with Crippen LogP contribution in [0.15, 0.2) is 48.5 Å². The summed E-state index contributed by atoms with van der Waals surface area (Å²) in [6.45, 7) is 2.95. The van der Waals surface area contributed by atoms with Crippen LogP contribution in [-0.4, -0.2) is 6.61 Å². The van der Waals surface area contributed by atoms with Crippen LogP contribution in [0, 0.1) is 0 Å². The maximum atomic E-state index is 5.94. The summed E-state index contributed by atoms with van der Waals surface area (Å²) in [4.78, 5) is 0. The fraction of sp³-hybridized carbons (Fsp3) is 0.294. The van der Waals surface area contributed by atoms with E-state index in [0.29, 0.717) is 6.04 Å². The maximum absolute atomic E-state index is 5.94. The summed E-state index contributed by atoms with van der Waals surface area (Å²) in [5.41, 5.74) is 2.50. The zero-order valence-electron chi connectivity index (χ0n) is 11.5. The van der Waals surface area contributed by atoms with Gasteiger partial charge in [-0.25, -0.2) is 0 Å². The van der Waals surface area contributed by atoms with Gasteiger partial charge in [-0.2, -0.15) is 0 Å². The van der Waals surface area contributed by atoms with Gasteiger partial charge in [-0.05, 0) is 30.7 Å². The molecule has 3 heteroatoms. The maximum Gasteiger partial charge on any atom is 0.124 e. The third kappa shape index (κ3) is 2.82. The fourth-order valence-electron chi connectivity index (χ4n) is 2.66. The predicted octanol–water partition coefficient (Wildman–Crippen LogP) is 4.51. The normalized spacial score (nSPS) is 19.0. The summed E-state index contributed by atoms with van der Waals surface area (Å²) in [5.74, 6) is 1.000. The monoisotopic (exact) mass is 287 g/mol. The average Bonchev–Trinajstić information content (AvgIpc) is 2.48. The topological polar surface area (TPSA) is 21.3 Å². The molecule has 0 saturated heterocycles. The van der Waals surface area contributed by atoms with Crippen molar-refractivity contribution in [2.45, 2.75) is 25.4 Å². The van der Waals surface area contributed by atoms with Gasteiger partial charge in [0.05, 0.1) is 6.61 Å². The quantitative estimate of drug-likeness (QED) is 0.896. The molecular formula is C17H18ClNO. The molecule has 0 amide bonds. The van der Waals surface area contributed by atoms with Crippen molar-refractivity contribution in [3.63, 3.8) is 0 Å². The molecule has 2 unspecified atom stereocenters. The summed E-state index contributed by atoms with van der Waals surface area (Å²) in [6.07, 6.45) is 0.995. The summed E-state index contributed by atoms with van der Waals surface area (Å²) >= 11 is 5.94. The summed E-state index contributed by atoms with van der Waals surface area (Å²) < 4.78 is 5.70. The van der Waals surface area contributed by atoms with E-state index in [4.69, 9.17) is 16.3 Å². The van der Waals surface area contributed by atoms with Crippen LogP contribution in [0.5, 0.6) is 5.75 Å². The summed E-state index contributed by atoms with van der Waals surface area (Å²) in [7, 11) is 0. The van der Waals surface area contributed by atoms with E-state index in [1.165, 1.54) is 11.1 Å². The second-order valence-corrected chi connectivity index (χ2v) is 5.60. The Labute approximate surface area is 124 Å². The van der Waals surface area contributed by atoms with Gasteiger partial charge >= 0.3 is 0 Å². The highest BCUT2D eigenvalue weighted by molar-refractivity contribution is 6.30. The molecule has 0 aromatic heterocycles. The zero-order valence-corrected chi connectivity index (χ0v) is 12.2. The van der Waals surface area contributed by atoms with Crippen molar-refractivity contribution in [3.8, 4) is 5.75 Å². The van der Waals surface area contributed by atoms with Crippen LogP contribution in [0.1, 0.15) is 36.6 Å². The first-order valence-electron chi connectivity index (χ1n) is 6.97. The molecule has 0 radical (unpaired) electrons. The number of hydrogen-bond acceptors (Lipinski definition) is 2. The highest BCUT2D eigenvalue weighted by atomic mass is 35.5. The van der Waals surface area contributed by atoms with Crippen molar-refractivity contribution in [2.24, 2.45) is 0 Å². The van der Waals surface area contributed by atoms with Crippen LogP contribution in [-0.2, 0) is 0 Å². The molecule has 1 aliphatic heterocycles. The van der Waals surface area contributed by atoms with Crippen LogP contribution < -0.4 is 10.1 Å². The van der Waals surface area contributed by atoms with Crippen molar-refractivity contribution >= 4 is 11.6 Å². The first-order valence-corrected chi connectivity index (χ1v) is 7.35. The van der Waals surface area contributed by atoms with E-state index in [1.54, 1.807) is 0 Å². The molecule has 2 atom stereocenters. The predicted molar refractivity (Wildman–Crippen MR) is 82.3 cm³/mol. The van der Waals surface area contributed by atoms with Crippen molar-refractivity contribution in [3.05, 3.63) is 64.7 Å². The molecule has 3 rings (SSSR count). The zero-order chi connectivity index (χ0) is 13.9. The van der Waals surface area contributed by atoms with Crippen LogP contribution in [0.25, 0.3) is 0 Å². The lowest BCUT2D eigenvalue weighted by atomic mass is 9.98. The molecule has 2 nitrogen and oxygen atoms in total. The van der Waals surface area contributed by atoms with Gasteiger partial charge in [0.1, 0.15) is 5.75 Å². The minimum absolute atomic E-state index is 0.281. The van der Waals surface area contributed by atoms with Gasteiger partial charge in [0.25, 0.3) is 0 Å². The summed E-state index contributed by atoms with van der Waals surface area (Å²) in [5, 5.41) is 4.46. The third-order valence-electron chi connectivity index (χ3n) is 3.78. The number of nitrogens with one attached hydrogen (secondary N) is 1. The van der Waals surface area contributed by atoms with E-state index in [2.05, 4.69) is 36.5 Å². The van der Waals surface area contributed by atoms with Crippen molar-refractivity contribution in [2.75, 3.05) is 6.61 Å². The first-order chi connectivity index (χ1) is 9.74. The van der Waals surface area contributed by atoms with Gasteiger partial charge in [-0.1, -0.05) is 41.9 Å². The van der Waals surface area contributed by atoms with E-state index in [1.807, 2.05) is 24.3 Å². The molecule has 1 aliphatic rings. The minimum atomic E-state index is 0.281. The fourth-order valence-corrected chi connectivity index (χ4v) is 2.79. The number of fused-ring (bicyclic) bond motifs is 1. The molecule has 1 heterocycles. The van der Waals surface area contributed by atoms with Crippen molar-refractivity contribution in [1.82, 2.24) is 5.32 Å². The Balaban J connectivity index is 1.77. The molecule has 0 saturated carbocycles. The van der Waals surface area contributed by atoms with E-state index in [9.17, 15) is 0 Å². The molecule has 0 fully saturated rings. The Morgan fingerprint density at radius 1 is 1.15 bits per heavy atom. The third-order valence-corrected chi connectivity index (χ3v) is 4.03. The van der Waals surface area contributed by atoms with Crippen LogP contribution in [0.3, 0.4) is 0 Å². The highest BCUT2D eigenvalue weighted by Gasteiger charge is 2.22. The first kappa shape index (κ1) is 13.5. The smallest absolute Gasteiger partial charge is 0.124 e. The number of para-hydroxylation sites is 1. The Kier molecular flexibility index (Phi) is 3.95. The van der Waals surface area contributed by atoms with Crippen LogP contribution >= 0.6 is 11.6 Å². The molecule has 0 bridgehead atoms. The molecule has 0 aliphatic carbocycles. The minimum Gasteiger partial charge on any atom is -0.493 e. The largest absolute Gasteiger partial charge is 0.493 e.